The standard InChI is InChI=1S/C12H20N4O3/c1-5-7(2)10(11(17)18)14-12(19)13-9-6-16(4)15-8(9)3/h6-7,10H,5H2,1-4H3,(H,17,18)(H2,13,14,19). The molecule has 0 aliphatic carbocycles. The lowest BCUT2D eigenvalue weighted by molar-refractivity contribution is -0.140. The number of urea groups is 1. The van der Waals surface area contributed by atoms with Gasteiger partial charge in [-0.25, -0.2) is 9.59 Å². The number of carbonyl (C=O) groups excluding carboxylic acids is 1. The molecule has 3 N–H and O–H groups in total. The Morgan fingerprint density at radius 1 is 1.53 bits per heavy atom. The lowest BCUT2D eigenvalue weighted by Crippen LogP contribution is -2.46. The number of rotatable bonds is 5. The summed E-state index contributed by atoms with van der Waals surface area (Å²) in [4.78, 5) is 22.9. The van der Waals surface area contributed by atoms with Gasteiger partial charge < -0.3 is 15.7 Å². The normalized spacial score (nSPS) is 13.7. The number of nitrogens with zero attached hydrogens (tertiary/aromatic N) is 2. The van der Waals surface area contributed by atoms with Gasteiger partial charge in [-0.1, -0.05) is 20.3 Å². The molecule has 1 aromatic heterocycles. The predicted molar refractivity (Wildman–Crippen MR) is 71.0 cm³/mol. The first-order valence-electron chi connectivity index (χ1n) is 6.15. The van der Waals surface area contributed by atoms with Crippen LogP contribution in [0.5, 0.6) is 0 Å². The summed E-state index contributed by atoms with van der Waals surface area (Å²) in [5.41, 5.74) is 1.24. The highest BCUT2D eigenvalue weighted by Gasteiger charge is 2.25. The van der Waals surface area contributed by atoms with Crippen LogP contribution in [0.4, 0.5) is 10.5 Å². The van der Waals surface area contributed by atoms with Gasteiger partial charge in [-0.05, 0) is 12.8 Å². The summed E-state index contributed by atoms with van der Waals surface area (Å²) in [7, 11) is 1.75. The molecule has 7 heteroatoms. The molecule has 0 radical (unpaired) electrons. The maximum absolute atomic E-state index is 11.8. The van der Waals surface area contributed by atoms with Crippen LogP contribution in [0.1, 0.15) is 26.0 Å². The van der Waals surface area contributed by atoms with Gasteiger partial charge in [0.25, 0.3) is 0 Å². The monoisotopic (exact) mass is 268 g/mol. The highest BCUT2D eigenvalue weighted by Crippen LogP contribution is 2.12. The molecule has 0 fully saturated rings. The first-order valence-corrected chi connectivity index (χ1v) is 6.15. The number of carboxylic acid groups (broad SMARTS) is 1. The molecule has 0 aliphatic rings. The number of nitrogens with one attached hydrogen (secondary N) is 2. The minimum Gasteiger partial charge on any atom is -0.480 e. The number of hydrogen-bond acceptors (Lipinski definition) is 3. The van der Waals surface area contributed by atoms with E-state index < -0.39 is 18.0 Å². The first-order chi connectivity index (χ1) is 8.85. The van der Waals surface area contributed by atoms with Gasteiger partial charge in [0.15, 0.2) is 0 Å². The molecule has 0 spiro atoms. The molecule has 1 heterocycles. The van der Waals surface area contributed by atoms with Crippen molar-refractivity contribution in [2.75, 3.05) is 5.32 Å². The van der Waals surface area contributed by atoms with E-state index in [1.807, 2.05) is 6.92 Å². The van der Waals surface area contributed by atoms with Gasteiger partial charge in [0, 0.05) is 13.2 Å². The summed E-state index contributed by atoms with van der Waals surface area (Å²) >= 11 is 0. The zero-order chi connectivity index (χ0) is 14.6. The Kier molecular flexibility index (Phi) is 4.91. The molecule has 0 aromatic carbocycles. The topological polar surface area (TPSA) is 96.3 Å². The third-order valence-electron chi connectivity index (χ3n) is 3.03. The molecular weight excluding hydrogens is 248 g/mol. The number of carbonyl (C=O) groups is 2. The van der Waals surface area contributed by atoms with Crippen LogP contribution in [0, 0.1) is 12.8 Å². The maximum atomic E-state index is 11.8. The maximum Gasteiger partial charge on any atom is 0.326 e. The van der Waals surface area contributed by atoms with Gasteiger partial charge in [-0.3, -0.25) is 4.68 Å². The fourth-order valence-corrected chi connectivity index (χ4v) is 1.71. The average molecular weight is 268 g/mol. The Bertz CT molecular complexity index is 470. The van der Waals surface area contributed by atoms with Gasteiger partial charge in [0.05, 0.1) is 11.4 Å². The summed E-state index contributed by atoms with van der Waals surface area (Å²) in [5, 5.41) is 18.2. The number of amides is 2. The van der Waals surface area contributed by atoms with Gasteiger partial charge in [0.2, 0.25) is 0 Å². The molecule has 0 bridgehead atoms. The van der Waals surface area contributed by atoms with Gasteiger partial charge >= 0.3 is 12.0 Å². The Morgan fingerprint density at radius 2 is 2.16 bits per heavy atom. The van der Waals surface area contributed by atoms with E-state index in [0.29, 0.717) is 17.8 Å². The molecule has 0 saturated heterocycles. The van der Waals surface area contributed by atoms with Crippen LogP contribution in [0.2, 0.25) is 0 Å². The Morgan fingerprint density at radius 3 is 2.58 bits per heavy atom. The van der Waals surface area contributed by atoms with E-state index in [2.05, 4.69) is 15.7 Å². The average Bonchev–Trinajstić information content (AvgIpc) is 2.63. The molecule has 1 aromatic rings. The van der Waals surface area contributed by atoms with E-state index in [-0.39, 0.29) is 5.92 Å². The lowest BCUT2D eigenvalue weighted by Gasteiger charge is -2.20. The van der Waals surface area contributed by atoms with Crippen molar-refractivity contribution in [1.82, 2.24) is 15.1 Å². The predicted octanol–water partition coefficient (Wildman–Crippen LogP) is 1.35. The fourth-order valence-electron chi connectivity index (χ4n) is 1.71. The molecule has 2 amide bonds. The van der Waals surface area contributed by atoms with E-state index in [1.165, 1.54) is 0 Å². The van der Waals surface area contributed by atoms with Gasteiger partial charge in [-0.15, -0.1) is 0 Å². The smallest absolute Gasteiger partial charge is 0.326 e. The van der Waals surface area contributed by atoms with Crippen molar-refractivity contribution in [3.05, 3.63) is 11.9 Å². The lowest BCUT2D eigenvalue weighted by atomic mass is 9.99. The summed E-state index contributed by atoms with van der Waals surface area (Å²) < 4.78 is 1.58. The minimum atomic E-state index is -1.03. The quantitative estimate of drug-likeness (QED) is 0.751. The summed E-state index contributed by atoms with van der Waals surface area (Å²) in [5.74, 6) is -1.18. The van der Waals surface area contributed by atoms with Crippen molar-refractivity contribution in [2.24, 2.45) is 13.0 Å². The summed E-state index contributed by atoms with van der Waals surface area (Å²) in [6, 6.07) is -1.44. The number of aliphatic carboxylic acids is 1. The second kappa shape index (κ2) is 6.21. The van der Waals surface area contributed by atoms with E-state index in [1.54, 1.807) is 31.8 Å². The molecule has 106 valence electrons. The van der Waals surface area contributed by atoms with Crippen LogP contribution in [0.15, 0.2) is 6.20 Å². The molecular formula is C12H20N4O3. The Hall–Kier alpha value is -2.05. The zero-order valence-electron chi connectivity index (χ0n) is 11.6. The Labute approximate surface area is 112 Å². The number of aryl methyl sites for hydroxylation is 2. The third-order valence-corrected chi connectivity index (χ3v) is 3.03. The molecule has 2 atom stereocenters. The van der Waals surface area contributed by atoms with Crippen molar-refractivity contribution in [3.8, 4) is 0 Å². The van der Waals surface area contributed by atoms with Crippen molar-refractivity contribution in [3.63, 3.8) is 0 Å². The second-order valence-corrected chi connectivity index (χ2v) is 4.60. The number of anilines is 1. The zero-order valence-corrected chi connectivity index (χ0v) is 11.6. The van der Waals surface area contributed by atoms with Crippen LogP contribution in [-0.2, 0) is 11.8 Å². The molecule has 19 heavy (non-hydrogen) atoms. The van der Waals surface area contributed by atoms with Crippen molar-refractivity contribution >= 4 is 17.7 Å². The van der Waals surface area contributed by atoms with E-state index >= 15 is 0 Å². The van der Waals surface area contributed by atoms with Crippen molar-refractivity contribution in [1.29, 1.82) is 0 Å². The van der Waals surface area contributed by atoms with Crippen molar-refractivity contribution in [2.45, 2.75) is 33.2 Å². The fraction of sp³-hybridized carbons (Fsp3) is 0.583. The SMILES string of the molecule is CCC(C)C(NC(=O)Nc1cn(C)nc1C)C(=O)O. The molecule has 0 saturated carbocycles. The van der Waals surface area contributed by atoms with E-state index in [0.717, 1.165) is 0 Å². The van der Waals surface area contributed by atoms with Crippen LogP contribution in [0.25, 0.3) is 0 Å². The molecule has 2 unspecified atom stereocenters. The van der Waals surface area contributed by atoms with Gasteiger partial charge in [0.1, 0.15) is 6.04 Å². The molecule has 0 aliphatic heterocycles. The Balaban J connectivity index is 2.68. The summed E-state index contributed by atoms with van der Waals surface area (Å²) in [6.07, 6.45) is 2.33. The minimum absolute atomic E-state index is 0.141. The third kappa shape index (κ3) is 3.97. The second-order valence-electron chi connectivity index (χ2n) is 4.60. The highest BCUT2D eigenvalue weighted by molar-refractivity contribution is 5.92. The van der Waals surface area contributed by atoms with Crippen LogP contribution in [-0.4, -0.2) is 32.9 Å². The number of carboxylic acids is 1. The van der Waals surface area contributed by atoms with Crippen LogP contribution >= 0.6 is 0 Å². The molecule has 1 rings (SSSR count). The highest BCUT2D eigenvalue weighted by atomic mass is 16.4. The van der Waals surface area contributed by atoms with Gasteiger partial charge in [-0.2, -0.15) is 5.10 Å². The van der Waals surface area contributed by atoms with Crippen molar-refractivity contribution < 1.29 is 14.7 Å². The van der Waals surface area contributed by atoms with E-state index in [9.17, 15) is 9.59 Å². The number of aromatic nitrogens is 2. The van der Waals surface area contributed by atoms with Crippen LogP contribution < -0.4 is 10.6 Å². The number of hydrogen-bond donors (Lipinski definition) is 3. The van der Waals surface area contributed by atoms with Crippen LogP contribution in [0.3, 0.4) is 0 Å². The largest absolute Gasteiger partial charge is 0.480 e. The van der Waals surface area contributed by atoms with E-state index in [4.69, 9.17) is 5.11 Å². The first kappa shape index (κ1) is 15.0. The molecule has 7 nitrogen and oxygen atoms in total. The summed E-state index contributed by atoms with van der Waals surface area (Å²) in [6.45, 7) is 5.43.